The number of aliphatic carboxylic acids is 1. The van der Waals surface area contributed by atoms with Crippen LogP contribution in [0.3, 0.4) is 0 Å². The Kier molecular flexibility index (Phi) is 12.9. The summed E-state index contributed by atoms with van der Waals surface area (Å²) < 4.78 is 0. The van der Waals surface area contributed by atoms with Crippen LogP contribution in [0.1, 0.15) is 31.2 Å². The van der Waals surface area contributed by atoms with Crippen molar-refractivity contribution in [2.24, 2.45) is 27.9 Å². The molecule has 1 aromatic rings. The van der Waals surface area contributed by atoms with E-state index >= 15 is 0 Å². The van der Waals surface area contributed by atoms with Crippen LogP contribution in [0.5, 0.6) is 5.75 Å². The van der Waals surface area contributed by atoms with Gasteiger partial charge >= 0.3 is 5.97 Å². The quantitative estimate of drug-likeness (QED) is 0.0593. The van der Waals surface area contributed by atoms with Crippen molar-refractivity contribution in [3.8, 4) is 5.75 Å². The fourth-order valence-corrected chi connectivity index (χ4v) is 3.09. The van der Waals surface area contributed by atoms with E-state index in [1.807, 2.05) is 0 Å². The second kappa shape index (κ2) is 15.6. The number of primary amides is 1. The largest absolute Gasteiger partial charge is 0.508 e. The van der Waals surface area contributed by atoms with Crippen LogP contribution in [-0.4, -0.2) is 77.0 Å². The zero-order valence-electron chi connectivity index (χ0n) is 20.2. The Hall–Kier alpha value is -4.40. The van der Waals surface area contributed by atoms with Gasteiger partial charge in [0.1, 0.15) is 17.8 Å². The number of aromatic hydroxyl groups is 1. The molecular formula is C22H34N8O7. The SMILES string of the molecule is NC(=O)CC[C@H](NC(=O)[C@@H](N)CCCN=C(N)N)C(=O)NCC(=O)N[C@@H](Cc1ccc(O)cc1)C(=O)O. The van der Waals surface area contributed by atoms with Gasteiger partial charge in [-0.25, -0.2) is 4.79 Å². The van der Waals surface area contributed by atoms with Crippen molar-refractivity contribution in [2.75, 3.05) is 13.1 Å². The van der Waals surface area contributed by atoms with E-state index in [0.29, 0.717) is 12.0 Å². The summed E-state index contributed by atoms with van der Waals surface area (Å²) in [7, 11) is 0. The Bertz CT molecular complexity index is 980. The molecule has 0 radical (unpaired) electrons. The molecule has 1 rings (SSSR count). The number of aliphatic imine (C=N–C) groups is 1. The van der Waals surface area contributed by atoms with Gasteiger partial charge in [-0.15, -0.1) is 0 Å². The smallest absolute Gasteiger partial charge is 0.326 e. The molecular weight excluding hydrogens is 488 g/mol. The van der Waals surface area contributed by atoms with Crippen molar-refractivity contribution in [3.63, 3.8) is 0 Å². The minimum atomic E-state index is -1.30. The monoisotopic (exact) mass is 522 g/mol. The minimum absolute atomic E-state index is 0.00672. The summed E-state index contributed by atoms with van der Waals surface area (Å²) in [4.78, 5) is 63.8. The normalized spacial score (nSPS) is 12.9. The maximum Gasteiger partial charge on any atom is 0.326 e. The lowest BCUT2D eigenvalue weighted by Gasteiger charge is -2.21. The van der Waals surface area contributed by atoms with Gasteiger partial charge in [-0.1, -0.05) is 12.1 Å². The Morgan fingerprint density at radius 2 is 1.57 bits per heavy atom. The predicted molar refractivity (Wildman–Crippen MR) is 133 cm³/mol. The number of benzene rings is 1. The number of carbonyl (C=O) groups is 5. The second-order valence-corrected chi connectivity index (χ2v) is 8.17. The minimum Gasteiger partial charge on any atom is -0.508 e. The average molecular weight is 523 g/mol. The van der Waals surface area contributed by atoms with Crippen molar-refractivity contribution < 1.29 is 34.2 Å². The zero-order valence-corrected chi connectivity index (χ0v) is 20.2. The van der Waals surface area contributed by atoms with Crippen molar-refractivity contribution in [1.82, 2.24) is 16.0 Å². The summed E-state index contributed by atoms with van der Waals surface area (Å²) in [6.45, 7) is -0.334. The molecule has 15 nitrogen and oxygen atoms in total. The number of carboxylic acid groups (broad SMARTS) is 1. The van der Waals surface area contributed by atoms with Crippen LogP contribution in [0, 0.1) is 0 Å². The Morgan fingerprint density at radius 1 is 0.919 bits per heavy atom. The van der Waals surface area contributed by atoms with Gasteiger partial charge in [0.15, 0.2) is 5.96 Å². The topological polar surface area (TPSA) is 278 Å². The first-order valence-corrected chi connectivity index (χ1v) is 11.4. The molecule has 204 valence electrons. The third kappa shape index (κ3) is 12.7. The Morgan fingerprint density at radius 3 is 2.14 bits per heavy atom. The van der Waals surface area contributed by atoms with Crippen LogP contribution in [0.25, 0.3) is 0 Å². The highest BCUT2D eigenvalue weighted by molar-refractivity contribution is 5.93. The lowest BCUT2D eigenvalue weighted by Crippen LogP contribution is -2.53. The van der Waals surface area contributed by atoms with E-state index in [1.165, 1.54) is 24.3 Å². The zero-order chi connectivity index (χ0) is 28.0. The Labute approximate surface area is 213 Å². The molecule has 4 amide bonds. The highest BCUT2D eigenvalue weighted by Crippen LogP contribution is 2.11. The van der Waals surface area contributed by atoms with Gasteiger partial charge in [0.05, 0.1) is 12.6 Å². The number of phenolic OH excluding ortho intramolecular Hbond substituents is 1. The molecule has 0 saturated heterocycles. The van der Waals surface area contributed by atoms with Crippen molar-refractivity contribution in [3.05, 3.63) is 29.8 Å². The molecule has 0 heterocycles. The van der Waals surface area contributed by atoms with Crippen molar-refractivity contribution in [2.45, 2.75) is 50.2 Å². The summed E-state index contributed by atoms with van der Waals surface area (Å²) in [5.74, 6) is -4.34. The molecule has 0 fully saturated rings. The number of phenols is 1. The third-order valence-electron chi connectivity index (χ3n) is 5.05. The first-order valence-electron chi connectivity index (χ1n) is 11.4. The van der Waals surface area contributed by atoms with E-state index in [9.17, 15) is 34.2 Å². The van der Waals surface area contributed by atoms with Crippen LogP contribution in [0.2, 0.25) is 0 Å². The van der Waals surface area contributed by atoms with Gasteiger partial charge in [0.25, 0.3) is 0 Å². The number of nitrogens with two attached hydrogens (primary N) is 4. The van der Waals surface area contributed by atoms with Crippen LogP contribution >= 0.6 is 0 Å². The summed E-state index contributed by atoms with van der Waals surface area (Å²) in [5.41, 5.74) is 22.0. The van der Waals surface area contributed by atoms with Crippen LogP contribution in [0.15, 0.2) is 29.3 Å². The van der Waals surface area contributed by atoms with Gasteiger partial charge in [-0.05, 0) is 37.0 Å². The molecule has 1 aromatic carbocycles. The van der Waals surface area contributed by atoms with Gasteiger partial charge in [0, 0.05) is 19.4 Å². The molecule has 0 aromatic heterocycles. The maximum atomic E-state index is 12.6. The van der Waals surface area contributed by atoms with Gasteiger partial charge < -0.3 is 49.1 Å². The highest BCUT2D eigenvalue weighted by atomic mass is 16.4. The molecule has 0 bridgehead atoms. The van der Waals surface area contributed by atoms with E-state index < -0.39 is 54.3 Å². The van der Waals surface area contributed by atoms with E-state index in [0.717, 1.165) is 0 Å². The number of guanidine groups is 1. The number of nitrogens with zero attached hydrogens (tertiary/aromatic N) is 1. The van der Waals surface area contributed by atoms with E-state index in [4.69, 9.17) is 22.9 Å². The molecule has 0 spiro atoms. The van der Waals surface area contributed by atoms with Gasteiger partial charge in [0.2, 0.25) is 23.6 Å². The number of hydrogen-bond acceptors (Lipinski definition) is 8. The molecule has 0 saturated carbocycles. The highest BCUT2D eigenvalue weighted by Gasteiger charge is 2.25. The van der Waals surface area contributed by atoms with Crippen molar-refractivity contribution in [1.29, 1.82) is 0 Å². The first-order chi connectivity index (χ1) is 17.4. The summed E-state index contributed by atoms with van der Waals surface area (Å²) >= 11 is 0. The van der Waals surface area contributed by atoms with E-state index in [-0.39, 0.29) is 43.9 Å². The van der Waals surface area contributed by atoms with Gasteiger partial charge in [-0.2, -0.15) is 0 Å². The first kappa shape index (κ1) is 30.6. The molecule has 0 unspecified atom stereocenters. The number of rotatable bonds is 16. The van der Waals surface area contributed by atoms with Crippen LogP contribution in [-0.2, 0) is 30.4 Å². The van der Waals surface area contributed by atoms with E-state index in [1.54, 1.807) is 0 Å². The molecule has 0 aliphatic rings. The fourth-order valence-electron chi connectivity index (χ4n) is 3.09. The molecule has 0 aliphatic heterocycles. The number of carboxylic acids is 1. The number of amides is 4. The van der Waals surface area contributed by atoms with Crippen LogP contribution in [0.4, 0.5) is 0 Å². The van der Waals surface area contributed by atoms with Crippen LogP contribution < -0.4 is 38.9 Å². The molecule has 37 heavy (non-hydrogen) atoms. The summed E-state index contributed by atoms with van der Waals surface area (Å²) in [5, 5.41) is 25.8. The Balaban J connectivity index is 2.68. The predicted octanol–water partition coefficient (Wildman–Crippen LogP) is -3.25. The summed E-state index contributed by atoms with van der Waals surface area (Å²) in [6.07, 6.45) is 0.187. The number of carbonyl (C=O) groups excluding carboxylic acids is 4. The second-order valence-electron chi connectivity index (χ2n) is 8.17. The lowest BCUT2D eigenvalue weighted by atomic mass is 10.1. The lowest BCUT2D eigenvalue weighted by molar-refractivity contribution is -0.141. The van der Waals surface area contributed by atoms with E-state index in [2.05, 4.69) is 20.9 Å². The standard InChI is InChI=1S/C22H34N8O7/c23-14(2-1-9-27-22(25)26)19(34)30-15(7-8-17(24)32)20(35)28-11-18(33)29-16(21(36)37)10-12-3-5-13(31)6-4-12/h3-6,14-16,31H,1-2,7-11,23H2,(H2,24,32)(H,28,35)(H,29,33)(H,30,34)(H,36,37)(H4,25,26,27)/t14-,15-,16-/m0/s1. The molecule has 3 atom stereocenters. The van der Waals surface area contributed by atoms with Gasteiger partial charge in [-0.3, -0.25) is 24.2 Å². The average Bonchev–Trinajstić information content (AvgIpc) is 2.83. The van der Waals surface area contributed by atoms with Crippen molar-refractivity contribution >= 4 is 35.6 Å². The molecule has 0 aliphatic carbocycles. The third-order valence-corrected chi connectivity index (χ3v) is 5.05. The molecule has 13 N–H and O–H groups in total. The number of hydrogen-bond donors (Lipinski definition) is 9. The fraction of sp³-hybridized carbons (Fsp3) is 0.455. The molecule has 15 heteroatoms. The summed E-state index contributed by atoms with van der Waals surface area (Å²) in [6, 6.07) is 2.28. The maximum absolute atomic E-state index is 12.6. The number of nitrogens with one attached hydrogen (secondary N) is 3.